The molecule has 0 aliphatic rings. The molecule has 0 atom stereocenters. The molecule has 0 fully saturated rings. The average molecular weight is 271 g/mol. The lowest BCUT2D eigenvalue weighted by atomic mass is 10.2. The van der Waals surface area contributed by atoms with Crippen LogP contribution in [-0.2, 0) is 0 Å². The second-order valence-corrected chi connectivity index (χ2v) is 4.87. The highest BCUT2D eigenvalue weighted by molar-refractivity contribution is 5.52. The van der Waals surface area contributed by atoms with Crippen molar-refractivity contribution >= 4 is 17.1 Å². The van der Waals surface area contributed by atoms with Crippen molar-refractivity contribution in [3.63, 3.8) is 0 Å². The molecule has 20 heavy (non-hydrogen) atoms. The van der Waals surface area contributed by atoms with Crippen LogP contribution in [-0.4, -0.2) is 19.3 Å². The van der Waals surface area contributed by atoms with Crippen LogP contribution < -0.4 is 9.63 Å². The van der Waals surface area contributed by atoms with E-state index in [4.69, 9.17) is 0 Å². The van der Waals surface area contributed by atoms with Gasteiger partial charge in [0.15, 0.2) is 0 Å². The van der Waals surface area contributed by atoms with Crippen LogP contribution in [0.25, 0.3) is 0 Å². The second-order valence-electron chi connectivity index (χ2n) is 4.87. The van der Waals surface area contributed by atoms with Gasteiger partial charge in [0.2, 0.25) is 11.9 Å². The van der Waals surface area contributed by atoms with Crippen LogP contribution in [0.5, 0.6) is 0 Å². The Morgan fingerprint density at radius 1 is 1.00 bits per heavy atom. The molecule has 2 rings (SSSR count). The van der Waals surface area contributed by atoms with E-state index < -0.39 is 0 Å². The number of pyridine rings is 1. The minimum absolute atomic E-state index is 0.754. The van der Waals surface area contributed by atoms with Crippen molar-refractivity contribution in [2.75, 3.05) is 19.0 Å². The fraction of sp³-hybridized carbons (Fsp3) is 0.267. The van der Waals surface area contributed by atoms with Crippen LogP contribution in [0.1, 0.15) is 11.3 Å². The third kappa shape index (κ3) is 2.93. The predicted molar refractivity (Wildman–Crippen MR) is 78.2 cm³/mol. The number of rotatable bonds is 3. The zero-order valence-corrected chi connectivity index (χ0v) is 12.2. The Morgan fingerprint density at radius 3 is 2.25 bits per heavy atom. The summed E-state index contributed by atoms with van der Waals surface area (Å²) >= 11 is 0. The lowest BCUT2D eigenvalue weighted by Gasteiger charge is -2.11. The van der Waals surface area contributed by atoms with E-state index in [0.717, 1.165) is 33.0 Å². The topological polar surface area (TPSA) is 52.1 Å². The van der Waals surface area contributed by atoms with Crippen LogP contribution in [0.4, 0.5) is 17.1 Å². The molecule has 1 aromatic carbocycles. The molecule has 1 aromatic heterocycles. The lowest BCUT2D eigenvalue weighted by molar-refractivity contribution is -0.909. The fourth-order valence-electron chi connectivity index (χ4n) is 1.77. The molecule has 0 saturated carbocycles. The number of aromatic nitrogens is 1. The molecule has 0 saturated heterocycles. The van der Waals surface area contributed by atoms with Crippen molar-refractivity contribution in [2.24, 2.45) is 10.2 Å². The fourth-order valence-corrected chi connectivity index (χ4v) is 1.77. The molecule has 2 aromatic rings. The van der Waals surface area contributed by atoms with Crippen LogP contribution in [0.3, 0.4) is 0 Å². The molecular formula is C15H19N4O+. The van der Waals surface area contributed by atoms with E-state index in [1.807, 2.05) is 57.1 Å². The number of azo groups is 1. The minimum atomic E-state index is 0.754. The van der Waals surface area contributed by atoms with E-state index in [1.165, 1.54) is 0 Å². The number of hydrogen-bond acceptors (Lipinski definition) is 4. The first-order valence-electron chi connectivity index (χ1n) is 6.39. The van der Waals surface area contributed by atoms with Crippen molar-refractivity contribution < 1.29 is 9.94 Å². The molecule has 0 unspecified atom stereocenters. The molecule has 0 bridgehead atoms. The van der Waals surface area contributed by atoms with E-state index in [1.54, 1.807) is 12.3 Å². The van der Waals surface area contributed by atoms with E-state index in [2.05, 4.69) is 10.2 Å². The Hall–Kier alpha value is -2.43. The van der Waals surface area contributed by atoms with Gasteiger partial charge in [-0.2, -0.15) is 5.11 Å². The monoisotopic (exact) mass is 271 g/mol. The summed E-state index contributed by atoms with van der Waals surface area (Å²) in [5.41, 5.74) is 4.34. The van der Waals surface area contributed by atoms with Gasteiger partial charge in [0.25, 0.3) is 0 Å². The predicted octanol–water partition coefficient (Wildman–Crippen LogP) is 3.31. The molecule has 1 N–H and O–H groups in total. The molecule has 5 heteroatoms. The first kappa shape index (κ1) is 14.0. The quantitative estimate of drug-likeness (QED) is 0.529. The van der Waals surface area contributed by atoms with Crippen molar-refractivity contribution in [3.05, 3.63) is 47.8 Å². The highest BCUT2D eigenvalue weighted by Gasteiger charge is 2.11. The number of nitrogens with zero attached hydrogens (tertiary/aromatic N) is 4. The Balaban J connectivity index is 2.23. The summed E-state index contributed by atoms with van der Waals surface area (Å²) in [6, 6.07) is 9.59. The van der Waals surface area contributed by atoms with Crippen molar-refractivity contribution in [3.8, 4) is 0 Å². The van der Waals surface area contributed by atoms with Crippen LogP contribution in [0.2, 0.25) is 0 Å². The van der Waals surface area contributed by atoms with E-state index >= 15 is 0 Å². The molecule has 0 spiro atoms. The second kappa shape index (κ2) is 5.69. The molecule has 5 nitrogen and oxygen atoms in total. The van der Waals surface area contributed by atoms with Gasteiger partial charge in [0, 0.05) is 43.1 Å². The van der Waals surface area contributed by atoms with Crippen LogP contribution >= 0.6 is 0 Å². The third-order valence-electron chi connectivity index (χ3n) is 3.28. The standard InChI is InChI=1S/C15H19N4O/c1-11-12(2)19(20)10-9-15(11)17-16-13-5-7-14(8-6-13)18(3)4/h5-10,20H,1-4H3/q+1. The summed E-state index contributed by atoms with van der Waals surface area (Å²) < 4.78 is 1.08. The molecular weight excluding hydrogens is 252 g/mol. The smallest absolute Gasteiger partial charge is 0.236 e. The average Bonchev–Trinajstić information content (AvgIpc) is 2.44. The maximum Gasteiger partial charge on any atom is 0.236 e. The van der Waals surface area contributed by atoms with Crippen molar-refractivity contribution in [1.82, 2.24) is 0 Å². The van der Waals surface area contributed by atoms with Gasteiger partial charge in [-0.1, -0.05) is 0 Å². The maximum absolute atomic E-state index is 9.53. The molecule has 0 radical (unpaired) electrons. The van der Waals surface area contributed by atoms with Gasteiger partial charge in [0.1, 0.15) is 5.69 Å². The zero-order chi connectivity index (χ0) is 14.7. The van der Waals surface area contributed by atoms with E-state index in [0.29, 0.717) is 0 Å². The highest BCUT2D eigenvalue weighted by atomic mass is 16.5. The maximum atomic E-state index is 9.53. The lowest BCUT2D eigenvalue weighted by Crippen LogP contribution is -2.33. The van der Waals surface area contributed by atoms with Crippen LogP contribution in [0, 0.1) is 13.8 Å². The SMILES string of the molecule is Cc1c(N=Nc2ccc(N(C)C)cc2)cc[n+](O)c1C. The Labute approximate surface area is 118 Å². The number of benzene rings is 1. The molecule has 0 aliphatic carbocycles. The summed E-state index contributed by atoms with van der Waals surface area (Å²) in [6.07, 6.45) is 1.56. The van der Waals surface area contributed by atoms with Gasteiger partial charge in [-0.3, -0.25) is 5.21 Å². The van der Waals surface area contributed by atoms with Crippen molar-refractivity contribution in [1.29, 1.82) is 0 Å². The summed E-state index contributed by atoms with van der Waals surface area (Å²) in [6.45, 7) is 3.74. The summed E-state index contributed by atoms with van der Waals surface area (Å²) in [5, 5.41) is 18.0. The molecule has 1 heterocycles. The van der Waals surface area contributed by atoms with Gasteiger partial charge in [-0.05, 0) is 31.2 Å². The number of anilines is 1. The minimum Gasteiger partial charge on any atom is -0.378 e. The number of hydrogen-bond donors (Lipinski definition) is 1. The third-order valence-corrected chi connectivity index (χ3v) is 3.28. The van der Waals surface area contributed by atoms with Crippen LogP contribution in [0.15, 0.2) is 46.8 Å². The normalized spacial score (nSPS) is 11.0. The van der Waals surface area contributed by atoms with E-state index in [-0.39, 0.29) is 0 Å². The Bertz CT molecular complexity index is 633. The molecule has 0 aliphatic heterocycles. The first-order chi connectivity index (χ1) is 9.49. The summed E-state index contributed by atoms with van der Waals surface area (Å²) in [4.78, 5) is 2.03. The molecule has 104 valence electrons. The van der Waals surface area contributed by atoms with Crippen molar-refractivity contribution in [2.45, 2.75) is 13.8 Å². The van der Waals surface area contributed by atoms with Gasteiger partial charge >= 0.3 is 0 Å². The first-order valence-corrected chi connectivity index (χ1v) is 6.39. The summed E-state index contributed by atoms with van der Waals surface area (Å²) in [7, 11) is 3.99. The highest BCUT2D eigenvalue weighted by Crippen LogP contribution is 2.23. The Morgan fingerprint density at radius 2 is 1.65 bits per heavy atom. The van der Waals surface area contributed by atoms with E-state index in [9.17, 15) is 5.21 Å². The van der Waals surface area contributed by atoms with Gasteiger partial charge in [0.05, 0.1) is 5.69 Å². The Kier molecular flexibility index (Phi) is 3.98. The van der Waals surface area contributed by atoms with Gasteiger partial charge < -0.3 is 4.90 Å². The van der Waals surface area contributed by atoms with Gasteiger partial charge in [-0.15, -0.1) is 5.11 Å². The molecule has 0 amide bonds. The largest absolute Gasteiger partial charge is 0.378 e. The van der Waals surface area contributed by atoms with Gasteiger partial charge in [-0.25, -0.2) is 0 Å². The zero-order valence-electron chi connectivity index (χ0n) is 12.2. The summed E-state index contributed by atoms with van der Waals surface area (Å²) in [5.74, 6) is 0.